The summed E-state index contributed by atoms with van der Waals surface area (Å²) < 4.78 is 0. The van der Waals surface area contributed by atoms with Gasteiger partial charge in [-0.1, -0.05) is 0 Å². The molecule has 4 heteroatoms. The predicted molar refractivity (Wildman–Crippen MR) is 59.9 cm³/mol. The van der Waals surface area contributed by atoms with Crippen LogP contribution >= 0.6 is 0 Å². The van der Waals surface area contributed by atoms with Crippen LogP contribution in [0.2, 0.25) is 0 Å². The van der Waals surface area contributed by atoms with E-state index in [1.54, 1.807) is 0 Å². The number of nitrogens with one attached hydrogen (secondary N) is 1. The Balaban J connectivity index is 3.96. The number of rotatable bonds is 6. The molecule has 15 heavy (non-hydrogen) atoms. The molecular formula is C11H21N3O. The minimum Gasteiger partial charge on any atom is -0.370 e. The van der Waals surface area contributed by atoms with Crippen molar-refractivity contribution >= 4 is 5.91 Å². The minimum atomic E-state index is -0.324. The molecule has 0 heterocycles. The number of hydrogen-bond acceptors (Lipinski definition) is 3. The zero-order valence-corrected chi connectivity index (χ0v) is 10.1. The SMILES string of the molecule is CC(C)(C#N)CCNC(C)(C)CC(N)=O. The van der Waals surface area contributed by atoms with Gasteiger partial charge in [0.15, 0.2) is 0 Å². The summed E-state index contributed by atoms with van der Waals surface area (Å²) in [6.45, 7) is 8.36. The molecule has 0 spiro atoms. The molecule has 1 amide bonds. The van der Waals surface area contributed by atoms with E-state index in [0.717, 1.165) is 6.42 Å². The number of hydrogen-bond donors (Lipinski definition) is 2. The van der Waals surface area contributed by atoms with Crippen LogP contribution < -0.4 is 11.1 Å². The molecule has 0 bridgehead atoms. The van der Waals surface area contributed by atoms with Gasteiger partial charge in [-0.2, -0.15) is 5.26 Å². The third-order valence-corrected chi connectivity index (χ3v) is 2.27. The Kier molecular flexibility index (Phi) is 4.76. The summed E-state index contributed by atoms with van der Waals surface area (Å²) in [7, 11) is 0. The zero-order chi connectivity index (χ0) is 12.1. The van der Waals surface area contributed by atoms with Gasteiger partial charge in [0.2, 0.25) is 5.91 Å². The van der Waals surface area contributed by atoms with Crippen LogP contribution in [0.15, 0.2) is 0 Å². The van der Waals surface area contributed by atoms with Crippen molar-refractivity contribution in [3.8, 4) is 6.07 Å². The van der Waals surface area contributed by atoms with Crippen LogP contribution in [0.4, 0.5) is 0 Å². The molecule has 0 aliphatic rings. The molecule has 0 fully saturated rings. The van der Waals surface area contributed by atoms with Crippen LogP contribution in [0.5, 0.6) is 0 Å². The molecule has 0 radical (unpaired) electrons. The third kappa shape index (κ3) is 6.92. The van der Waals surface area contributed by atoms with Gasteiger partial charge < -0.3 is 11.1 Å². The highest BCUT2D eigenvalue weighted by Crippen LogP contribution is 2.18. The quantitative estimate of drug-likeness (QED) is 0.692. The Bertz CT molecular complexity index is 263. The summed E-state index contributed by atoms with van der Waals surface area (Å²) in [5.41, 5.74) is 4.51. The second kappa shape index (κ2) is 5.13. The first kappa shape index (κ1) is 13.9. The molecule has 0 saturated heterocycles. The number of nitrogens with zero attached hydrogens (tertiary/aromatic N) is 1. The summed E-state index contributed by atoms with van der Waals surface area (Å²) in [5, 5.41) is 12.0. The summed E-state index contributed by atoms with van der Waals surface area (Å²) in [4.78, 5) is 10.8. The molecule has 4 nitrogen and oxygen atoms in total. The molecule has 0 aromatic rings. The molecule has 0 atom stereocenters. The van der Waals surface area contributed by atoms with Gasteiger partial charge in [-0.25, -0.2) is 0 Å². The molecule has 0 rings (SSSR count). The summed E-state index contributed by atoms with van der Waals surface area (Å²) >= 11 is 0. The summed E-state index contributed by atoms with van der Waals surface area (Å²) in [6.07, 6.45) is 1.06. The lowest BCUT2D eigenvalue weighted by Gasteiger charge is -2.26. The number of primary amides is 1. The second-order valence-corrected chi connectivity index (χ2v) is 5.20. The van der Waals surface area contributed by atoms with Crippen LogP contribution in [-0.4, -0.2) is 18.0 Å². The van der Waals surface area contributed by atoms with Gasteiger partial charge in [-0.15, -0.1) is 0 Å². The Morgan fingerprint density at radius 3 is 2.33 bits per heavy atom. The van der Waals surface area contributed by atoms with Crippen LogP contribution in [0.3, 0.4) is 0 Å². The Hall–Kier alpha value is -1.08. The normalized spacial score (nSPS) is 12.2. The maximum Gasteiger partial charge on any atom is 0.219 e. The Labute approximate surface area is 91.8 Å². The van der Waals surface area contributed by atoms with E-state index in [2.05, 4.69) is 11.4 Å². The van der Waals surface area contributed by atoms with Crippen LogP contribution in [0, 0.1) is 16.7 Å². The minimum absolute atomic E-state index is 0.294. The van der Waals surface area contributed by atoms with Gasteiger partial charge in [0.25, 0.3) is 0 Å². The largest absolute Gasteiger partial charge is 0.370 e. The van der Waals surface area contributed by atoms with Gasteiger partial charge in [0.05, 0.1) is 11.5 Å². The van der Waals surface area contributed by atoms with Crippen molar-refractivity contribution in [3.05, 3.63) is 0 Å². The molecule has 0 aromatic heterocycles. The highest BCUT2D eigenvalue weighted by molar-refractivity contribution is 5.74. The fourth-order valence-corrected chi connectivity index (χ4v) is 1.27. The van der Waals surface area contributed by atoms with E-state index in [4.69, 9.17) is 11.0 Å². The average molecular weight is 211 g/mol. The Morgan fingerprint density at radius 2 is 1.93 bits per heavy atom. The van der Waals surface area contributed by atoms with Crippen molar-refractivity contribution in [1.29, 1.82) is 5.26 Å². The lowest BCUT2D eigenvalue weighted by Crippen LogP contribution is -2.43. The van der Waals surface area contributed by atoms with Crippen molar-refractivity contribution in [2.45, 2.75) is 46.1 Å². The van der Waals surface area contributed by atoms with E-state index in [1.807, 2.05) is 27.7 Å². The van der Waals surface area contributed by atoms with Gasteiger partial charge in [0.1, 0.15) is 0 Å². The first-order valence-electron chi connectivity index (χ1n) is 5.13. The molecule has 0 aliphatic heterocycles. The smallest absolute Gasteiger partial charge is 0.219 e. The standard InChI is InChI=1S/C11H21N3O/c1-10(2,8-12)5-6-14-11(3,4)7-9(13)15/h14H,5-7H2,1-4H3,(H2,13,15). The predicted octanol–water partition coefficient (Wildman–Crippen LogP) is 1.17. The molecule has 3 N–H and O–H groups in total. The van der Waals surface area contributed by atoms with Crippen LogP contribution in [-0.2, 0) is 4.79 Å². The van der Waals surface area contributed by atoms with E-state index >= 15 is 0 Å². The van der Waals surface area contributed by atoms with Gasteiger partial charge in [-0.05, 0) is 40.7 Å². The van der Waals surface area contributed by atoms with E-state index in [0.29, 0.717) is 13.0 Å². The summed E-state index contributed by atoms with van der Waals surface area (Å²) in [5.74, 6) is -0.313. The molecule has 0 saturated carbocycles. The third-order valence-electron chi connectivity index (χ3n) is 2.27. The molecule has 0 aromatic carbocycles. The van der Waals surface area contributed by atoms with E-state index in [9.17, 15) is 4.79 Å². The van der Waals surface area contributed by atoms with Crippen molar-refractivity contribution in [2.24, 2.45) is 11.1 Å². The van der Waals surface area contributed by atoms with Crippen molar-refractivity contribution < 1.29 is 4.79 Å². The van der Waals surface area contributed by atoms with Crippen LogP contribution in [0.1, 0.15) is 40.5 Å². The maximum absolute atomic E-state index is 10.8. The number of amides is 1. The summed E-state index contributed by atoms with van der Waals surface area (Å²) in [6, 6.07) is 2.24. The first-order valence-corrected chi connectivity index (χ1v) is 5.13. The molecule has 86 valence electrons. The van der Waals surface area contributed by atoms with Crippen molar-refractivity contribution in [3.63, 3.8) is 0 Å². The fraction of sp³-hybridized carbons (Fsp3) is 0.818. The maximum atomic E-state index is 10.8. The topological polar surface area (TPSA) is 78.9 Å². The fourth-order valence-electron chi connectivity index (χ4n) is 1.27. The number of nitriles is 1. The average Bonchev–Trinajstić information content (AvgIpc) is 2.00. The van der Waals surface area contributed by atoms with E-state index in [-0.39, 0.29) is 16.9 Å². The number of carbonyl (C=O) groups excluding carboxylic acids is 1. The lowest BCUT2D eigenvalue weighted by molar-refractivity contribution is -0.119. The van der Waals surface area contributed by atoms with E-state index < -0.39 is 0 Å². The van der Waals surface area contributed by atoms with Crippen LogP contribution in [0.25, 0.3) is 0 Å². The molecule has 0 unspecified atom stereocenters. The number of nitrogens with two attached hydrogens (primary N) is 1. The zero-order valence-electron chi connectivity index (χ0n) is 10.1. The molecular weight excluding hydrogens is 190 g/mol. The lowest BCUT2D eigenvalue weighted by atomic mass is 9.90. The highest BCUT2D eigenvalue weighted by atomic mass is 16.1. The highest BCUT2D eigenvalue weighted by Gasteiger charge is 2.22. The molecule has 0 aliphatic carbocycles. The van der Waals surface area contributed by atoms with Crippen molar-refractivity contribution in [2.75, 3.05) is 6.54 Å². The monoisotopic (exact) mass is 211 g/mol. The van der Waals surface area contributed by atoms with E-state index in [1.165, 1.54) is 0 Å². The number of carbonyl (C=O) groups is 1. The van der Waals surface area contributed by atoms with Gasteiger partial charge >= 0.3 is 0 Å². The van der Waals surface area contributed by atoms with Crippen molar-refractivity contribution in [1.82, 2.24) is 5.32 Å². The van der Waals surface area contributed by atoms with Gasteiger partial charge in [0, 0.05) is 12.0 Å². The second-order valence-electron chi connectivity index (χ2n) is 5.20. The first-order chi connectivity index (χ1) is 6.68. The Morgan fingerprint density at radius 1 is 1.40 bits per heavy atom. The van der Waals surface area contributed by atoms with Gasteiger partial charge in [-0.3, -0.25) is 4.79 Å².